The molecule has 5 heteroatoms. The number of nitrogens with zero attached hydrogens (tertiary/aromatic N) is 2. The van der Waals surface area contributed by atoms with Crippen LogP contribution in [0, 0.1) is 0 Å². The second kappa shape index (κ2) is 3.06. The number of hydrogen-bond acceptors (Lipinski definition) is 4. The maximum absolute atomic E-state index is 5.62. The van der Waals surface area contributed by atoms with Gasteiger partial charge < -0.3 is 5.73 Å². The zero-order chi connectivity index (χ0) is 10.3. The summed E-state index contributed by atoms with van der Waals surface area (Å²) in [5.41, 5.74) is 8.55. The summed E-state index contributed by atoms with van der Waals surface area (Å²) in [6.45, 7) is 0. The summed E-state index contributed by atoms with van der Waals surface area (Å²) >= 11 is 1.44. The molecule has 15 heavy (non-hydrogen) atoms. The van der Waals surface area contributed by atoms with E-state index in [2.05, 4.69) is 15.2 Å². The van der Waals surface area contributed by atoms with Crippen LogP contribution in [0.4, 0.5) is 5.13 Å². The minimum atomic E-state index is 0.585. The van der Waals surface area contributed by atoms with Crippen molar-refractivity contribution in [3.63, 3.8) is 0 Å². The van der Waals surface area contributed by atoms with Gasteiger partial charge in [-0.25, -0.2) is 4.98 Å². The van der Waals surface area contributed by atoms with E-state index in [9.17, 15) is 0 Å². The third kappa shape index (κ3) is 1.28. The Balaban J connectivity index is 2.30. The van der Waals surface area contributed by atoms with E-state index in [1.54, 1.807) is 6.20 Å². The predicted molar refractivity (Wildman–Crippen MR) is 61.6 cm³/mol. The molecular formula is C10H8N4S. The Hall–Kier alpha value is -1.88. The van der Waals surface area contributed by atoms with Crippen LogP contribution < -0.4 is 5.73 Å². The van der Waals surface area contributed by atoms with Crippen LogP contribution in [0.25, 0.3) is 22.2 Å². The Morgan fingerprint density at radius 1 is 1.33 bits per heavy atom. The van der Waals surface area contributed by atoms with Gasteiger partial charge >= 0.3 is 0 Å². The Labute approximate surface area is 89.8 Å². The number of aromatic nitrogens is 3. The van der Waals surface area contributed by atoms with Gasteiger partial charge in [0.05, 0.1) is 17.4 Å². The molecule has 3 N–H and O–H groups in total. The molecule has 0 spiro atoms. The zero-order valence-corrected chi connectivity index (χ0v) is 8.58. The molecule has 0 amide bonds. The normalized spacial score (nSPS) is 10.9. The van der Waals surface area contributed by atoms with Crippen LogP contribution >= 0.6 is 11.3 Å². The number of aromatic amines is 1. The summed E-state index contributed by atoms with van der Waals surface area (Å²) in [4.78, 5) is 4.26. The van der Waals surface area contributed by atoms with Crippen molar-refractivity contribution in [2.24, 2.45) is 0 Å². The third-order valence-electron chi connectivity index (χ3n) is 2.27. The van der Waals surface area contributed by atoms with E-state index < -0.39 is 0 Å². The second-order valence-corrected chi connectivity index (χ2v) is 4.10. The first-order valence-electron chi connectivity index (χ1n) is 4.48. The number of nitrogen functional groups attached to an aromatic ring is 1. The fraction of sp³-hybridized carbons (Fsp3) is 0. The van der Waals surface area contributed by atoms with Crippen LogP contribution in [0.3, 0.4) is 0 Å². The standard InChI is InChI=1S/C10H8N4S/c11-10-13-8(5-15-10)7-3-1-2-6-4-12-14-9(6)7/h1-5H,(H2,11,13)(H,12,14). The lowest BCUT2D eigenvalue weighted by Gasteiger charge is -1.97. The number of nitrogens with two attached hydrogens (primary N) is 1. The van der Waals surface area contributed by atoms with E-state index in [-0.39, 0.29) is 0 Å². The summed E-state index contributed by atoms with van der Waals surface area (Å²) in [6, 6.07) is 6.01. The lowest BCUT2D eigenvalue weighted by Crippen LogP contribution is -1.84. The van der Waals surface area contributed by atoms with Crippen molar-refractivity contribution in [2.45, 2.75) is 0 Å². The molecule has 3 rings (SSSR count). The Kier molecular flexibility index (Phi) is 1.72. The molecule has 2 aromatic heterocycles. The molecule has 0 radical (unpaired) electrons. The van der Waals surface area contributed by atoms with E-state index in [1.807, 2.05) is 23.6 Å². The quantitative estimate of drug-likeness (QED) is 0.655. The van der Waals surface area contributed by atoms with Crippen LogP contribution in [0.15, 0.2) is 29.8 Å². The number of nitrogens with one attached hydrogen (secondary N) is 1. The summed E-state index contributed by atoms with van der Waals surface area (Å²) < 4.78 is 0. The molecule has 0 aliphatic heterocycles. The number of hydrogen-bond donors (Lipinski definition) is 2. The van der Waals surface area contributed by atoms with Crippen molar-refractivity contribution in [3.8, 4) is 11.3 Å². The molecule has 0 bridgehead atoms. The molecule has 74 valence electrons. The number of fused-ring (bicyclic) bond motifs is 1. The maximum atomic E-state index is 5.62. The minimum absolute atomic E-state index is 0.585. The first-order valence-corrected chi connectivity index (χ1v) is 5.36. The topological polar surface area (TPSA) is 67.6 Å². The summed E-state index contributed by atoms with van der Waals surface area (Å²) in [7, 11) is 0. The molecule has 1 aromatic carbocycles. The first-order chi connectivity index (χ1) is 7.34. The van der Waals surface area contributed by atoms with E-state index >= 15 is 0 Å². The second-order valence-electron chi connectivity index (χ2n) is 3.21. The van der Waals surface area contributed by atoms with Crippen molar-refractivity contribution in [3.05, 3.63) is 29.8 Å². The highest BCUT2D eigenvalue weighted by Gasteiger charge is 2.07. The highest BCUT2D eigenvalue weighted by molar-refractivity contribution is 7.13. The van der Waals surface area contributed by atoms with Crippen LogP contribution in [0.1, 0.15) is 0 Å². The Bertz CT molecular complexity index is 610. The first kappa shape index (κ1) is 8.43. The number of thiazole rings is 1. The summed E-state index contributed by atoms with van der Waals surface area (Å²) in [6.07, 6.45) is 1.80. The fourth-order valence-corrected chi connectivity index (χ4v) is 2.16. The average molecular weight is 216 g/mol. The predicted octanol–water partition coefficient (Wildman–Crippen LogP) is 2.27. The average Bonchev–Trinajstić information content (AvgIpc) is 2.84. The summed E-state index contributed by atoms with van der Waals surface area (Å²) in [5.74, 6) is 0. The van der Waals surface area contributed by atoms with Crippen LogP contribution in [-0.2, 0) is 0 Å². The lowest BCUT2D eigenvalue weighted by molar-refractivity contribution is 1.12. The lowest BCUT2D eigenvalue weighted by atomic mass is 10.1. The number of benzene rings is 1. The third-order valence-corrected chi connectivity index (χ3v) is 2.95. The molecule has 0 aliphatic carbocycles. The van der Waals surface area contributed by atoms with Gasteiger partial charge in [-0.05, 0) is 0 Å². The van der Waals surface area contributed by atoms with Crippen molar-refractivity contribution in [1.29, 1.82) is 0 Å². The van der Waals surface area contributed by atoms with Crippen LogP contribution in [0.5, 0.6) is 0 Å². The van der Waals surface area contributed by atoms with Crippen LogP contribution in [0.2, 0.25) is 0 Å². The largest absolute Gasteiger partial charge is 0.375 e. The zero-order valence-electron chi connectivity index (χ0n) is 7.77. The van der Waals surface area contributed by atoms with Crippen molar-refractivity contribution in [2.75, 3.05) is 5.73 Å². The van der Waals surface area contributed by atoms with Gasteiger partial charge in [0, 0.05) is 16.3 Å². The molecule has 0 unspecified atom stereocenters. The maximum Gasteiger partial charge on any atom is 0.180 e. The van der Waals surface area contributed by atoms with E-state index in [0.29, 0.717) is 5.13 Å². The number of para-hydroxylation sites is 1. The molecule has 4 nitrogen and oxygen atoms in total. The SMILES string of the molecule is Nc1nc(-c2cccc3cn[nH]c23)cs1. The van der Waals surface area contributed by atoms with E-state index in [1.165, 1.54) is 11.3 Å². The summed E-state index contributed by atoms with van der Waals surface area (Å²) in [5, 5.41) is 10.6. The highest BCUT2D eigenvalue weighted by atomic mass is 32.1. The monoisotopic (exact) mass is 216 g/mol. The highest BCUT2D eigenvalue weighted by Crippen LogP contribution is 2.28. The van der Waals surface area contributed by atoms with Crippen LogP contribution in [-0.4, -0.2) is 15.2 Å². The smallest absolute Gasteiger partial charge is 0.180 e. The Morgan fingerprint density at radius 2 is 2.27 bits per heavy atom. The van der Waals surface area contributed by atoms with Gasteiger partial charge in [0.15, 0.2) is 5.13 Å². The molecule has 0 saturated carbocycles. The fourth-order valence-electron chi connectivity index (χ4n) is 1.59. The molecular weight excluding hydrogens is 208 g/mol. The van der Waals surface area contributed by atoms with Gasteiger partial charge in [0.1, 0.15) is 0 Å². The van der Waals surface area contributed by atoms with Gasteiger partial charge in [-0.2, -0.15) is 5.10 Å². The molecule has 0 atom stereocenters. The molecule has 0 fully saturated rings. The number of H-pyrrole nitrogens is 1. The number of rotatable bonds is 1. The Morgan fingerprint density at radius 3 is 3.07 bits per heavy atom. The number of anilines is 1. The molecule has 3 aromatic rings. The molecule has 0 aliphatic rings. The molecule has 0 saturated heterocycles. The minimum Gasteiger partial charge on any atom is -0.375 e. The molecule has 2 heterocycles. The van der Waals surface area contributed by atoms with Gasteiger partial charge in [0.25, 0.3) is 0 Å². The van der Waals surface area contributed by atoms with E-state index in [4.69, 9.17) is 5.73 Å². The van der Waals surface area contributed by atoms with E-state index in [0.717, 1.165) is 22.2 Å². The van der Waals surface area contributed by atoms with Crippen molar-refractivity contribution >= 4 is 27.4 Å². The van der Waals surface area contributed by atoms with Gasteiger partial charge in [0.2, 0.25) is 0 Å². The van der Waals surface area contributed by atoms with Gasteiger partial charge in [-0.3, -0.25) is 5.10 Å². The van der Waals surface area contributed by atoms with Crippen molar-refractivity contribution in [1.82, 2.24) is 15.2 Å². The van der Waals surface area contributed by atoms with Gasteiger partial charge in [-0.1, -0.05) is 18.2 Å². The van der Waals surface area contributed by atoms with Crippen molar-refractivity contribution < 1.29 is 0 Å². The van der Waals surface area contributed by atoms with Gasteiger partial charge in [-0.15, -0.1) is 11.3 Å².